The van der Waals surface area contributed by atoms with Gasteiger partial charge in [0.15, 0.2) is 50.3 Å². The fourth-order valence-corrected chi connectivity index (χ4v) is 17.5. The Bertz CT molecular complexity index is 3930. The van der Waals surface area contributed by atoms with Crippen LogP contribution in [0.25, 0.3) is 0 Å². The molecule has 52 atom stereocenters. The molecule has 0 aromatic carbocycles. The highest BCUT2D eigenvalue weighted by atomic mass is 16.8. The number of carboxylic acid groups (broad SMARTS) is 2. The van der Waals surface area contributed by atoms with Crippen molar-refractivity contribution >= 4 is 41.5 Å². The number of carbonyl (C=O) groups is 7. The van der Waals surface area contributed by atoms with Gasteiger partial charge in [0.1, 0.15) is 232 Å². The maximum Gasteiger partial charge on any atom is 0.364 e. The van der Waals surface area contributed by atoms with E-state index in [1.54, 1.807) is 0 Å². The fraction of sp³-hybridized carbons (Fsp3) is 0.908. The third kappa shape index (κ3) is 25.4. The van der Waals surface area contributed by atoms with Crippen LogP contribution in [0.4, 0.5) is 0 Å². The molecule has 0 aliphatic carbocycles. The van der Waals surface area contributed by atoms with Crippen LogP contribution < -0.4 is 26.6 Å². The Labute approximate surface area is 779 Å². The summed E-state index contributed by atoms with van der Waals surface area (Å²) in [6.45, 7) is -7.65. The summed E-state index contributed by atoms with van der Waals surface area (Å²) in [7, 11) is 0. The molecule has 10 aliphatic rings. The minimum atomic E-state index is -3.11. The number of amides is 5. The molecular weight excluding hydrogens is 1890 g/mol. The molecule has 138 heavy (non-hydrogen) atoms. The molecule has 0 aromatic rings. The molecule has 10 aliphatic heterocycles. The van der Waals surface area contributed by atoms with Gasteiger partial charge in [-0.3, -0.25) is 24.0 Å². The number of aliphatic carboxylic acids is 2. The summed E-state index contributed by atoms with van der Waals surface area (Å²) in [5.41, 5.74) is 0. The number of ether oxygens (including phenoxy) is 19. The molecule has 5 amide bonds. The van der Waals surface area contributed by atoms with E-state index in [4.69, 9.17) is 90.0 Å². The number of aliphatic hydroxyl groups is 29. The van der Waals surface area contributed by atoms with Gasteiger partial charge in [-0.15, -0.1) is 0 Å². The molecule has 0 spiro atoms. The SMILES string of the molecule is CC(=O)N[C@@H]1[C@@H](O)[C@H](O[C@H]2O[C@H](CO[C@@H]3O[C@H](CO)[C@@H](O)[C@H](O)[C@@H]3O[C@@H]3O[C@H](CO)[C@@H](O[C@@H]4O[C@H](CO[C@]5(C(=O)O)C[C@H](O)[C@@H](NC(C)=O)[C@H]([C@H](O)[C@H](O)CO)O5)[C@H](O)[C@H](O)[C@H]4O)[C@H](O)[C@H]3NC(C)=O)[C@@H](O)[C@H](O[C@@H]3O[C@H](CO)[C@@H](O)[C@H](O)[C@@H]3O[C@@H]3O[C@H](CO)[C@@H](O[C@@H]4O[C@H](CO[C@]5(C(=O)O)C[C@H](O)[C@@H](NC(C)=O)[C@H]([C@H](O)[C@H](O)CO)O5)[C@H](O)[C@H](O)[C@H]4O)[C@H](O)[C@H]3NC(C)=O)[C@@H]2O)[C@@H](CO)O[C@H]1O. The number of carboxylic acids is 2. The van der Waals surface area contributed by atoms with Crippen molar-refractivity contribution in [3.8, 4) is 0 Å². The number of nitrogens with one attached hydrogen (secondary N) is 5. The van der Waals surface area contributed by atoms with Crippen LogP contribution in [0.2, 0.25) is 0 Å². The van der Waals surface area contributed by atoms with Crippen LogP contribution in [-0.4, -0.2) is 584 Å². The van der Waals surface area contributed by atoms with Crippen molar-refractivity contribution in [3.05, 3.63) is 0 Å². The summed E-state index contributed by atoms with van der Waals surface area (Å²) in [6, 6.07) is -9.40. The summed E-state index contributed by atoms with van der Waals surface area (Å²) in [5, 5.41) is 357. The standard InChI is InChI=1S/C76H125N5O57/c1-18(89)77-35-23(94)6-75(73(116)117,137-60(35)40(98)25(96)8-82)121-16-33-44(102)50(108)54(112)68(129-33)131-58-30(13-87)126-66(38(48(58)106)80-21(4)92)135-63-52(110)42(100)27(10-84)124-71(63)120-15-32-46(104)62(56(114)70(128-32)133-57-29(12-86)123-65(115)37(47(57)105)79-20(3)91)134-72-64(53(111)43(101)28(11-85)125-72)136-67-39(81-22(5)93)49(107)59(31(14-88)127-67)132-69-55(113)51(109)45(103)34(130-69)17-122-76(74(118)119)7-24(95)36(78-19(2)90)61(138-76)41(99)26(97)9-83/h23-72,82-88,94-115H,6-17H2,1-5H3,(H,77,89)(H,78,90)(H,79,91)(H,80,92)(H,81,93)(H,116,117)(H,118,119)/t23-,24-,25+,26+,27+,28+,29+,30+,31+,32+,33+,34+,35+,36+,37+,38+,39+,40+,41+,42+,43+,44-,45-,46+,47+,48+,49+,50-,51-,52-,53-,54+,55+,56-,57+,58+,59+,60+,61+,62-,63-,64-,65+,66-,67-,68-,69-,70+,71+,72-,75+,76+/m0/s1. The molecular formula is C76H125N5O57. The van der Waals surface area contributed by atoms with Gasteiger partial charge >= 0.3 is 11.9 Å². The van der Waals surface area contributed by atoms with Crippen LogP contribution in [0.1, 0.15) is 47.5 Å². The second-order valence-electron chi connectivity index (χ2n) is 34.6. The summed E-state index contributed by atoms with van der Waals surface area (Å²) in [4.78, 5) is 89.1. The lowest BCUT2D eigenvalue weighted by atomic mass is 9.88. The van der Waals surface area contributed by atoms with E-state index in [0.29, 0.717) is 0 Å². The minimum absolute atomic E-state index is 0.852. The summed E-state index contributed by atoms with van der Waals surface area (Å²) in [5.74, 6) is -15.0. The van der Waals surface area contributed by atoms with Crippen LogP contribution in [0.3, 0.4) is 0 Å². The van der Waals surface area contributed by atoms with Crippen molar-refractivity contribution in [1.82, 2.24) is 26.6 Å². The van der Waals surface area contributed by atoms with Gasteiger partial charge in [-0.25, -0.2) is 9.59 Å². The predicted octanol–water partition coefficient (Wildman–Crippen LogP) is -23.7. The number of carbonyl (C=O) groups excluding carboxylic acids is 5. The molecule has 0 radical (unpaired) electrons. The van der Waals surface area contributed by atoms with E-state index in [1.165, 1.54) is 0 Å². The first-order chi connectivity index (χ1) is 64.9. The van der Waals surface area contributed by atoms with Gasteiger partial charge in [-0.2, -0.15) is 0 Å². The lowest BCUT2D eigenvalue weighted by Crippen LogP contribution is -2.70. The smallest absolute Gasteiger partial charge is 0.364 e. The molecule has 62 nitrogen and oxygen atoms in total. The average Bonchev–Trinajstić information content (AvgIpc) is 0.776. The highest BCUT2D eigenvalue weighted by molar-refractivity contribution is 5.78. The van der Waals surface area contributed by atoms with Crippen molar-refractivity contribution in [2.45, 2.75) is 365 Å². The lowest BCUT2D eigenvalue weighted by Gasteiger charge is -2.51. The zero-order valence-corrected chi connectivity index (χ0v) is 73.8. The molecule has 36 N–H and O–H groups in total. The van der Waals surface area contributed by atoms with Crippen LogP contribution in [-0.2, 0) is 124 Å². The van der Waals surface area contributed by atoms with E-state index in [2.05, 4.69) is 26.6 Å². The molecule has 10 heterocycles. The maximum atomic E-state index is 13.2. The summed E-state index contributed by atoms with van der Waals surface area (Å²) in [6.07, 6.45) is -103. The first kappa shape index (κ1) is 114. The second-order valence-corrected chi connectivity index (χ2v) is 34.6. The van der Waals surface area contributed by atoms with E-state index in [-0.39, 0.29) is 0 Å². The number of hydrogen-bond acceptors (Lipinski definition) is 55. The van der Waals surface area contributed by atoms with Gasteiger partial charge in [0, 0.05) is 47.5 Å². The number of aliphatic hydroxyl groups excluding tert-OH is 29. The van der Waals surface area contributed by atoms with Gasteiger partial charge < -0.3 is 275 Å². The summed E-state index contributed by atoms with van der Waals surface area (Å²) < 4.78 is 112. The molecule has 0 saturated carbocycles. The van der Waals surface area contributed by atoms with Crippen molar-refractivity contribution in [3.63, 3.8) is 0 Å². The number of hydrogen-bond donors (Lipinski definition) is 36. The average molecular weight is 2020 g/mol. The normalized spacial score (nSPS) is 46.2. The molecule has 0 bridgehead atoms. The Morgan fingerprint density at radius 3 is 0.942 bits per heavy atom. The Kier molecular flexibility index (Phi) is 40.6. The van der Waals surface area contributed by atoms with E-state index < -0.39 is 438 Å². The number of rotatable bonds is 39. The molecule has 62 heteroatoms. The Hall–Kier alpha value is -5.63. The molecule has 796 valence electrons. The molecule has 10 fully saturated rings. The van der Waals surface area contributed by atoms with Crippen LogP contribution in [0.15, 0.2) is 0 Å². The van der Waals surface area contributed by atoms with Gasteiger partial charge in [-0.1, -0.05) is 0 Å². The highest BCUT2D eigenvalue weighted by Gasteiger charge is 2.64. The predicted molar refractivity (Wildman–Crippen MR) is 422 cm³/mol. The lowest BCUT2D eigenvalue weighted by molar-refractivity contribution is -0.398. The summed E-state index contributed by atoms with van der Waals surface area (Å²) >= 11 is 0. The van der Waals surface area contributed by atoms with Gasteiger partial charge in [0.25, 0.3) is 11.6 Å². The Morgan fingerprint density at radius 1 is 0.297 bits per heavy atom. The third-order valence-corrected chi connectivity index (χ3v) is 24.8. The zero-order valence-electron chi connectivity index (χ0n) is 73.8. The first-order valence-corrected chi connectivity index (χ1v) is 43.4. The van der Waals surface area contributed by atoms with Crippen LogP contribution >= 0.6 is 0 Å². The van der Waals surface area contributed by atoms with Crippen molar-refractivity contribution in [2.24, 2.45) is 0 Å². The van der Waals surface area contributed by atoms with Crippen molar-refractivity contribution in [1.29, 1.82) is 0 Å². The van der Waals surface area contributed by atoms with E-state index in [9.17, 15) is 192 Å². The topological polar surface area (TPSA) is 982 Å². The first-order valence-electron chi connectivity index (χ1n) is 43.4. The van der Waals surface area contributed by atoms with Gasteiger partial charge in [0.2, 0.25) is 29.5 Å². The van der Waals surface area contributed by atoms with E-state index in [0.717, 1.165) is 34.6 Å². The fourth-order valence-electron chi connectivity index (χ4n) is 17.5. The van der Waals surface area contributed by atoms with Gasteiger partial charge in [-0.05, 0) is 0 Å². The quantitative estimate of drug-likeness (QED) is 0.0272. The Balaban J connectivity index is 0.908. The highest BCUT2D eigenvalue weighted by Crippen LogP contribution is 2.43. The van der Waals surface area contributed by atoms with Crippen LogP contribution in [0.5, 0.6) is 0 Å². The van der Waals surface area contributed by atoms with Gasteiger partial charge in [0.05, 0.1) is 90.4 Å². The van der Waals surface area contributed by atoms with Crippen molar-refractivity contribution < 1.29 is 282 Å². The van der Waals surface area contributed by atoms with E-state index >= 15 is 0 Å². The molecule has 0 aromatic heterocycles. The minimum Gasteiger partial charge on any atom is -0.477 e. The zero-order chi connectivity index (χ0) is 102. The Morgan fingerprint density at radius 2 is 0.587 bits per heavy atom. The van der Waals surface area contributed by atoms with Crippen molar-refractivity contribution in [2.75, 3.05) is 66.1 Å². The second kappa shape index (κ2) is 49.0. The van der Waals surface area contributed by atoms with E-state index in [1.807, 2.05) is 0 Å². The molecule has 10 rings (SSSR count). The largest absolute Gasteiger partial charge is 0.477 e. The van der Waals surface area contributed by atoms with Crippen LogP contribution in [0, 0.1) is 0 Å². The third-order valence-electron chi connectivity index (χ3n) is 24.8. The monoisotopic (exact) mass is 2020 g/mol. The molecule has 0 unspecified atom stereocenters. The molecule has 10 saturated heterocycles. The maximum absolute atomic E-state index is 13.2.